The van der Waals surface area contributed by atoms with E-state index >= 15 is 0 Å². The van der Waals surface area contributed by atoms with E-state index < -0.39 is 71.5 Å². The zero-order valence-electron chi connectivity index (χ0n) is 28.0. The van der Waals surface area contributed by atoms with Gasteiger partial charge in [0.05, 0.1) is 23.9 Å². The highest BCUT2D eigenvalue weighted by Gasteiger charge is 2.68. The minimum atomic E-state index is -1.17. The van der Waals surface area contributed by atoms with Gasteiger partial charge in [-0.15, -0.1) is 0 Å². The molecule has 5 aliphatic heterocycles. The number of ketones is 1. The number of nitrogens with one attached hydrogen (secondary N) is 1. The number of hydrogen-bond acceptors (Lipinski definition) is 11. The minimum absolute atomic E-state index is 0.0653. The summed E-state index contributed by atoms with van der Waals surface area (Å²) in [5.74, 6) is -3.30. The van der Waals surface area contributed by atoms with Gasteiger partial charge in [-0.05, 0) is 61.1 Å². The molecular formula is C32H53N3O9. The summed E-state index contributed by atoms with van der Waals surface area (Å²) in [5, 5.41) is 15.0. The molecular weight excluding hydrogens is 570 g/mol. The van der Waals surface area contributed by atoms with Crippen LogP contribution in [0.25, 0.3) is 0 Å². The van der Waals surface area contributed by atoms with Gasteiger partial charge < -0.3 is 33.7 Å². The third kappa shape index (κ3) is 5.17. The Morgan fingerprint density at radius 1 is 1.11 bits per heavy atom. The molecule has 1 amide bonds. The summed E-state index contributed by atoms with van der Waals surface area (Å²) >= 11 is 0. The van der Waals surface area contributed by atoms with Crippen LogP contribution in [0.5, 0.6) is 0 Å². The topological polar surface area (TPSA) is 136 Å². The number of aliphatic hydroxyl groups is 1. The van der Waals surface area contributed by atoms with E-state index in [2.05, 4.69) is 19.2 Å². The Labute approximate surface area is 261 Å². The number of carbonyl (C=O) groups is 3. The van der Waals surface area contributed by atoms with Crippen LogP contribution < -0.4 is 5.32 Å². The maximum absolute atomic E-state index is 14.1. The predicted molar refractivity (Wildman–Crippen MR) is 159 cm³/mol. The number of rotatable bonds is 4. The molecule has 14 atom stereocenters. The number of fused-ring (bicyclic) bond motifs is 1. The van der Waals surface area contributed by atoms with Gasteiger partial charge in [0.15, 0.2) is 17.7 Å². The van der Waals surface area contributed by atoms with Crippen molar-refractivity contribution < 1.29 is 43.2 Å². The lowest BCUT2D eigenvalue weighted by molar-refractivity contribution is -0.301. The lowest BCUT2D eigenvalue weighted by atomic mass is 9.73. The number of cyclic esters (lactones) is 1. The predicted octanol–water partition coefficient (Wildman–Crippen LogP) is 2.30. The first-order valence-corrected chi connectivity index (χ1v) is 16.3. The second kappa shape index (κ2) is 11.8. The zero-order chi connectivity index (χ0) is 32.5. The van der Waals surface area contributed by atoms with Gasteiger partial charge in [-0.3, -0.25) is 19.8 Å². The molecule has 12 nitrogen and oxygen atoms in total. The Balaban J connectivity index is 1.62. The summed E-state index contributed by atoms with van der Waals surface area (Å²) in [5.41, 5.74) is -3.11. The molecule has 1 spiro atoms. The summed E-state index contributed by atoms with van der Waals surface area (Å²) in [6, 6.07) is -0.680. The van der Waals surface area contributed by atoms with Crippen molar-refractivity contribution in [2.24, 2.45) is 23.7 Å². The largest absolute Gasteiger partial charge is 0.458 e. The first kappa shape index (κ1) is 33.5. The van der Waals surface area contributed by atoms with Crippen molar-refractivity contribution in [3.8, 4) is 0 Å². The molecule has 5 fully saturated rings. The van der Waals surface area contributed by atoms with Crippen molar-refractivity contribution in [3.63, 3.8) is 0 Å². The van der Waals surface area contributed by atoms with Crippen molar-refractivity contribution in [2.45, 2.75) is 134 Å². The molecule has 0 aliphatic carbocycles. The molecule has 250 valence electrons. The maximum atomic E-state index is 14.1. The summed E-state index contributed by atoms with van der Waals surface area (Å²) in [7, 11) is 3.82. The Morgan fingerprint density at radius 2 is 1.80 bits per heavy atom. The SMILES string of the molecule is CC[C@@H]1OC(=O)[C@H](C)C(=O)[C@H](C)[C@@H](O[C@@H]2O[C@H](C)C[C@H](N(C)C)[C@H]2O)[C@@]2(C)C[C@@H](C)C3(NCCN4C(=O)O[C@@]1(C)[C@H]4[C@@H]3C)O2. The monoisotopic (exact) mass is 623 g/mol. The molecule has 3 bridgehead atoms. The second-order valence-electron chi connectivity index (χ2n) is 14.6. The van der Waals surface area contributed by atoms with Gasteiger partial charge >= 0.3 is 12.1 Å². The van der Waals surface area contributed by atoms with E-state index in [1.807, 2.05) is 46.7 Å². The van der Waals surface area contributed by atoms with E-state index in [1.54, 1.807) is 18.7 Å². The normalized spacial score (nSPS) is 50.0. The van der Waals surface area contributed by atoms with E-state index in [-0.39, 0.29) is 29.8 Å². The van der Waals surface area contributed by atoms with Gasteiger partial charge in [0.25, 0.3) is 0 Å². The summed E-state index contributed by atoms with van der Waals surface area (Å²) in [6.07, 6.45) is -2.73. The van der Waals surface area contributed by atoms with Gasteiger partial charge in [-0.1, -0.05) is 27.7 Å². The van der Waals surface area contributed by atoms with Crippen LogP contribution in [0.1, 0.15) is 74.7 Å². The van der Waals surface area contributed by atoms with E-state index in [0.29, 0.717) is 32.4 Å². The average Bonchev–Trinajstić information content (AvgIpc) is 3.31. The molecule has 1 unspecified atom stereocenters. The van der Waals surface area contributed by atoms with Crippen LogP contribution in [0.2, 0.25) is 0 Å². The van der Waals surface area contributed by atoms with E-state index in [0.717, 1.165) is 0 Å². The molecule has 5 heterocycles. The van der Waals surface area contributed by atoms with Crippen LogP contribution in [0.15, 0.2) is 0 Å². The van der Waals surface area contributed by atoms with Crippen molar-refractivity contribution in [1.82, 2.24) is 15.1 Å². The third-order valence-corrected chi connectivity index (χ3v) is 11.3. The smallest absolute Gasteiger partial charge is 0.410 e. The number of esters is 1. The van der Waals surface area contributed by atoms with Crippen LogP contribution in [0.4, 0.5) is 4.79 Å². The number of nitrogens with zero attached hydrogens (tertiary/aromatic N) is 2. The van der Waals surface area contributed by atoms with Crippen molar-refractivity contribution in [1.29, 1.82) is 0 Å². The Hall–Kier alpha value is -1.83. The maximum Gasteiger partial charge on any atom is 0.410 e. The molecule has 0 aromatic heterocycles. The lowest BCUT2D eigenvalue weighted by Crippen LogP contribution is -2.64. The number of hydrogen-bond donors (Lipinski definition) is 2. The van der Waals surface area contributed by atoms with Crippen LogP contribution in [-0.2, 0) is 33.3 Å². The Kier molecular flexibility index (Phi) is 8.96. The standard InChI is InChI=1S/C32H53N3O9/c1-11-22-31(8)25-20(6)32(33-12-13-35(25)29(39)43-31)16(2)15-30(7,44-32)26(18(4)23(36)19(5)27(38)41-22)42-28-24(37)21(34(9)10)14-17(3)40-28/h16-22,24-26,28,33,37H,11-15H2,1-10H3/t16-,17-,18+,19-,20+,21+,22+,24-,25-,26-,28+,30-,31-,32?/m1/s1. The highest BCUT2D eigenvalue weighted by Crippen LogP contribution is 2.54. The van der Waals surface area contributed by atoms with Crippen LogP contribution >= 0.6 is 0 Å². The molecule has 5 aliphatic rings. The molecule has 0 aromatic rings. The summed E-state index contributed by atoms with van der Waals surface area (Å²) in [4.78, 5) is 44.7. The van der Waals surface area contributed by atoms with Gasteiger partial charge in [0.2, 0.25) is 0 Å². The minimum Gasteiger partial charge on any atom is -0.458 e. The third-order valence-electron chi connectivity index (χ3n) is 11.3. The number of aliphatic hydroxyl groups excluding tert-OH is 1. The average molecular weight is 624 g/mol. The summed E-state index contributed by atoms with van der Waals surface area (Å²) < 4.78 is 32.2. The van der Waals surface area contributed by atoms with Crippen LogP contribution in [-0.4, -0.2) is 120 Å². The highest BCUT2D eigenvalue weighted by atomic mass is 16.7. The molecule has 2 N–H and O–H groups in total. The molecule has 0 aromatic carbocycles. The molecule has 5 rings (SSSR count). The molecule has 12 heteroatoms. The Morgan fingerprint density at radius 3 is 2.43 bits per heavy atom. The second-order valence-corrected chi connectivity index (χ2v) is 14.6. The van der Waals surface area contributed by atoms with Crippen molar-refractivity contribution >= 4 is 17.8 Å². The number of carbonyl (C=O) groups excluding carboxylic acids is 3. The van der Waals surface area contributed by atoms with Crippen molar-refractivity contribution in [2.75, 3.05) is 27.2 Å². The van der Waals surface area contributed by atoms with Gasteiger partial charge in [-0.2, -0.15) is 0 Å². The molecule has 44 heavy (non-hydrogen) atoms. The number of Topliss-reactive ketones (excluding diaryl/α,β-unsaturated/α-hetero) is 1. The van der Waals surface area contributed by atoms with Crippen molar-refractivity contribution in [3.05, 3.63) is 0 Å². The van der Waals surface area contributed by atoms with E-state index in [1.165, 1.54) is 0 Å². The van der Waals surface area contributed by atoms with E-state index in [4.69, 9.17) is 23.7 Å². The zero-order valence-corrected chi connectivity index (χ0v) is 28.0. The lowest BCUT2D eigenvalue weighted by Gasteiger charge is -2.48. The first-order chi connectivity index (χ1) is 20.5. The van der Waals surface area contributed by atoms with Gasteiger partial charge in [-0.25, -0.2) is 4.79 Å². The van der Waals surface area contributed by atoms with Gasteiger partial charge in [0, 0.05) is 36.9 Å². The number of likely N-dealkylation sites (N-methyl/N-ethyl adjacent to an activating group) is 1. The Bertz CT molecular complexity index is 1140. The fraction of sp³-hybridized carbons (Fsp3) is 0.906. The fourth-order valence-electron chi connectivity index (χ4n) is 9.06. The summed E-state index contributed by atoms with van der Waals surface area (Å²) in [6.45, 7) is 15.9. The van der Waals surface area contributed by atoms with Crippen LogP contribution in [0.3, 0.4) is 0 Å². The number of ether oxygens (including phenoxy) is 5. The van der Waals surface area contributed by atoms with E-state index in [9.17, 15) is 19.5 Å². The molecule has 5 saturated heterocycles. The van der Waals surface area contributed by atoms with Crippen LogP contribution in [0, 0.1) is 23.7 Å². The molecule has 0 saturated carbocycles. The fourth-order valence-corrected chi connectivity index (χ4v) is 9.06. The first-order valence-electron chi connectivity index (χ1n) is 16.3. The molecule has 0 radical (unpaired) electrons. The quantitative estimate of drug-likeness (QED) is 0.353. The highest BCUT2D eigenvalue weighted by molar-refractivity contribution is 6.00. The van der Waals surface area contributed by atoms with Gasteiger partial charge in [0.1, 0.15) is 23.9 Å². The number of amides is 1.